The van der Waals surface area contributed by atoms with Gasteiger partial charge in [0, 0.05) is 10.0 Å². The minimum absolute atomic E-state index is 0.556. The molecule has 0 aliphatic heterocycles. The number of fused-ring (bicyclic) bond motifs is 1. The summed E-state index contributed by atoms with van der Waals surface area (Å²) in [5.74, 6) is 0. The van der Waals surface area contributed by atoms with Gasteiger partial charge in [-0.25, -0.2) is 0 Å². The highest BCUT2D eigenvalue weighted by Gasteiger charge is 2.12. The van der Waals surface area contributed by atoms with Gasteiger partial charge in [0.25, 0.3) is 0 Å². The molecule has 2 aromatic rings. The summed E-state index contributed by atoms with van der Waals surface area (Å²) in [5, 5.41) is 1.84. The first-order valence-corrected chi connectivity index (χ1v) is 6.25. The van der Waals surface area contributed by atoms with Crippen LogP contribution in [0.5, 0.6) is 0 Å². The van der Waals surface area contributed by atoms with Crippen LogP contribution in [0.3, 0.4) is 0 Å². The van der Waals surface area contributed by atoms with Crippen molar-refractivity contribution < 1.29 is 4.79 Å². The molecule has 0 aliphatic rings. The molecule has 0 atom stereocenters. The van der Waals surface area contributed by atoms with Crippen LogP contribution in [-0.2, 0) is 0 Å². The average molecular weight is 318 g/mol. The molecule has 1 nitrogen and oxygen atoms in total. The second-order valence-electron chi connectivity index (χ2n) is 3.35. The zero-order valence-corrected chi connectivity index (χ0v) is 11.2. The third-order valence-electron chi connectivity index (χ3n) is 2.41. The number of carbonyl (C=O) groups is 1. The normalized spacial score (nSPS) is 11.0. The molecule has 0 radical (unpaired) electrons. The summed E-state index contributed by atoms with van der Waals surface area (Å²) in [7, 11) is 0. The van der Waals surface area contributed by atoms with Crippen molar-refractivity contribution in [3.05, 3.63) is 45.9 Å². The first kappa shape index (κ1) is 11.9. The summed E-state index contributed by atoms with van der Waals surface area (Å²) in [4.78, 5) is 10.4. The third kappa shape index (κ3) is 2.10. The van der Waals surface area contributed by atoms with Gasteiger partial charge in [0.05, 0.1) is 0 Å². The molecule has 16 heavy (non-hydrogen) atoms. The minimum atomic E-state index is -0.687. The van der Waals surface area contributed by atoms with E-state index in [1.54, 1.807) is 6.07 Å². The van der Waals surface area contributed by atoms with Crippen LogP contribution in [-0.4, -0.2) is 6.29 Å². The molecule has 0 unspecified atom stereocenters. The summed E-state index contributed by atoms with van der Waals surface area (Å²) >= 11 is 15.0. The van der Waals surface area contributed by atoms with E-state index < -0.39 is 4.84 Å². The topological polar surface area (TPSA) is 17.1 Å². The van der Waals surface area contributed by atoms with Crippen LogP contribution in [0.15, 0.2) is 34.8 Å². The van der Waals surface area contributed by atoms with E-state index in [0.717, 1.165) is 21.5 Å². The second-order valence-corrected chi connectivity index (χ2v) is 5.36. The number of alkyl halides is 2. The Labute approximate surface area is 111 Å². The Kier molecular flexibility index (Phi) is 3.53. The molecular formula is C12H7BrCl2O. The van der Waals surface area contributed by atoms with Gasteiger partial charge in [-0.15, -0.1) is 23.2 Å². The van der Waals surface area contributed by atoms with Crippen molar-refractivity contribution in [2.45, 2.75) is 4.84 Å². The Bertz CT molecular complexity index is 552. The zero-order valence-electron chi connectivity index (χ0n) is 8.08. The monoisotopic (exact) mass is 316 g/mol. The second kappa shape index (κ2) is 4.74. The van der Waals surface area contributed by atoms with E-state index in [9.17, 15) is 4.79 Å². The number of halogens is 3. The molecule has 82 valence electrons. The molecule has 0 N–H and O–H groups in total. The van der Waals surface area contributed by atoms with Gasteiger partial charge >= 0.3 is 0 Å². The SMILES string of the molecule is O=Cc1c(C(Cl)Cl)ccc2cc(Br)ccc12. The lowest BCUT2D eigenvalue weighted by Crippen LogP contribution is -1.93. The summed E-state index contributed by atoms with van der Waals surface area (Å²) in [5.41, 5.74) is 1.20. The van der Waals surface area contributed by atoms with Crippen molar-refractivity contribution in [2.24, 2.45) is 0 Å². The number of carbonyl (C=O) groups excluding carboxylic acids is 1. The third-order valence-corrected chi connectivity index (χ3v) is 3.37. The van der Waals surface area contributed by atoms with E-state index in [4.69, 9.17) is 23.2 Å². The largest absolute Gasteiger partial charge is 0.298 e. The highest BCUT2D eigenvalue weighted by atomic mass is 79.9. The average Bonchev–Trinajstić information content (AvgIpc) is 2.26. The van der Waals surface area contributed by atoms with Gasteiger partial charge in [-0.05, 0) is 28.5 Å². The van der Waals surface area contributed by atoms with Crippen LogP contribution in [0.1, 0.15) is 20.8 Å². The van der Waals surface area contributed by atoms with E-state index in [1.807, 2.05) is 24.3 Å². The van der Waals surface area contributed by atoms with Gasteiger partial charge < -0.3 is 0 Å². The van der Waals surface area contributed by atoms with Crippen molar-refractivity contribution in [3.63, 3.8) is 0 Å². The molecule has 0 fully saturated rings. The van der Waals surface area contributed by atoms with Crippen LogP contribution >= 0.6 is 39.1 Å². The van der Waals surface area contributed by atoms with Gasteiger partial charge in [0.2, 0.25) is 0 Å². The van der Waals surface area contributed by atoms with Gasteiger partial charge in [-0.2, -0.15) is 0 Å². The van der Waals surface area contributed by atoms with Crippen molar-refractivity contribution in [3.8, 4) is 0 Å². The van der Waals surface area contributed by atoms with E-state index in [0.29, 0.717) is 11.1 Å². The molecule has 0 bridgehead atoms. The predicted molar refractivity (Wildman–Crippen MR) is 71.5 cm³/mol. The summed E-state index contributed by atoms with van der Waals surface area (Å²) in [6.07, 6.45) is 0.795. The smallest absolute Gasteiger partial charge is 0.151 e. The Hall–Kier alpha value is -0.570. The Morgan fingerprint density at radius 3 is 2.56 bits per heavy atom. The number of aldehydes is 1. The van der Waals surface area contributed by atoms with Crippen LogP contribution in [0.2, 0.25) is 0 Å². The first-order chi connectivity index (χ1) is 7.63. The zero-order chi connectivity index (χ0) is 11.7. The number of hydrogen-bond acceptors (Lipinski definition) is 1. The van der Waals surface area contributed by atoms with Gasteiger partial charge in [-0.1, -0.05) is 34.1 Å². The van der Waals surface area contributed by atoms with Crippen LogP contribution < -0.4 is 0 Å². The van der Waals surface area contributed by atoms with Crippen LogP contribution in [0.4, 0.5) is 0 Å². The van der Waals surface area contributed by atoms with Crippen LogP contribution in [0, 0.1) is 0 Å². The number of hydrogen-bond donors (Lipinski definition) is 0. The Morgan fingerprint density at radius 2 is 1.94 bits per heavy atom. The quantitative estimate of drug-likeness (QED) is 0.569. The van der Waals surface area contributed by atoms with Gasteiger partial charge in [-0.3, -0.25) is 4.79 Å². The molecule has 0 spiro atoms. The molecule has 0 aliphatic carbocycles. The highest BCUT2D eigenvalue weighted by Crippen LogP contribution is 2.32. The molecule has 0 aromatic heterocycles. The minimum Gasteiger partial charge on any atom is -0.298 e. The van der Waals surface area contributed by atoms with E-state index in [-0.39, 0.29) is 0 Å². The van der Waals surface area contributed by atoms with E-state index in [2.05, 4.69) is 15.9 Å². The maximum absolute atomic E-state index is 11.1. The molecule has 0 saturated heterocycles. The molecule has 0 amide bonds. The fourth-order valence-corrected chi connectivity index (χ4v) is 2.42. The molecule has 2 aromatic carbocycles. The standard InChI is InChI=1S/C12H7BrCl2O/c13-8-2-4-9-7(5-8)1-3-10(12(14)15)11(9)6-16/h1-6,12H. The van der Waals surface area contributed by atoms with E-state index in [1.165, 1.54) is 0 Å². The molecule has 4 heteroatoms. The predicted octanol–water partition coefficient (Wildman–Crippen LogP) is 4.89. The van der Waals surface area contributed by atoms with Crippen molar-refractivity contribution >= 4 is 56.2 Å². The molecule has 2 rings (SSSR count). The van der Waals surface area contributed by atoms with Crippen molar-refractivity contribution in [2.75, 3.05) is 0 Å². The van der Waals surface area contributed by atoms with Crippen molar-refractivity contribution in [1.29, 1.82) is 0 Å². The molecule has 0 heterocycles. The van der Waals surface area contributed by atoms with E-state index >= 15 is 0 Å². The fraction of sp³-hybridized carbons (Fsp3) is 0.0833. The van der Waals surface area contributed by atoms with Crippen LogP contribution in [0.25, 0.3) is 10.8 Å². The van der Waals surface area contributed by atoms with Gasteiger partial charge in [0.15, 0.2) is 6.29 Å². The lowest BCUT2D eigenvalue weighted by Gasteiger charge is -2.09. The van der Waals surface area contributed by atoms with Crippen molar-refractivity contribution in [1.82, 2.24) is 0 Å². The molecule has 0 saturated carbocycles. The Morgan fingerprint density at radius 1 is 1.19 bits per heavy atom. The Balaban J connectivity index is 2.80. The maximum Gasteiger partial charge on any atom is 0.151 e. The first-order valence-electron chi connectivity index (χ1n) is 4.59. The lowest BCUT2D eigenvalue weighted by molar-refractivity contribution is 0.112. The number of benzene rings is 2. The fourth-order valence-electron chi connectivity index (χ4n) is 1.66. The highest BCUT2D eigenvalue weighted by molar-refractivity contribution is 9.10. The summed E-state index contributed by atoms with van der Waals surface area (Å²) in [6.45, 7) is 0. The summed E-state index contributed by atoms with van der Waals surface area (Å²) in [6, 6.07) is 9.40. The molecular weight excluding hydrogens is 311 g/mol. The van der Waals surface area contributed by atoms with Gasteiger partial charge in [0.1, 0.15) is 4.84 Å². The summed E-state index contributed by atoms with van der Waals surface area (Å²) < 4.78 is 0.970. The lowest BCUT2D eigenvalue weighted by atomic mass is 10.0. The maximum atomic E-state index is 11.1. The number of rotatable bonds is 2.